The molecular weight excluding hydrogens is 248 g/mol. The number of hydrogen-bond acceptors (Lipinski definition) is 2. The van der Waals surface area contributed by atoms with Gasteiger partial charge in [0.05, 0.1) is 7.11 Å². The number of fused-ring (bicyclic) bond motifs is 1. The van der Waals surface area contributed by atoms with Crippen molar-refractivity contribution in [2.75, 3.05) is 7.11 Å². The maximum Gasteiger partial charge on any atom is 0.330 e. The maximum absolute atomic E-state index is 11.2. The minimum atomic E-state index is -0.297. The highest BCUT2D eigenvalue weighted by Crippen LogP contribution is 2.38. The lowest BCUT2D eigenvalue weighted by Crippen LogP contribution is -2.14. The van der Waals surface area contributed by atoms with Crippen LogP contribution >= 0.6 is 0 Å². The van der Waals surface area contributed by atoms with E-state index in [1.54, 1.807) is 0 Å². The topological polar surface area (TPSA) is 26.3 Å². The molecule has 0 bridgehead atoms. The first kappa shape index (κ1) is 14.6. The summed E-state index contributed by atoms with van der Waals surface area (Å²) in [5, 5.41) is 0. The third kappa shape index (κ3) is 3.01. The summed E-state index contributed by atoms with van der Waals surface area (Å²) < 4.78 is 4.65. The van der Waals surface area contributed by atoms with Gasteiger partial charge in [0.1, 0.15) is 0 Å². The van der Waals surface area contributed by atoms with Gasteiger partial charge in [-0.1, -0.05) is 55.8 Å². The van der Waals surface area contributed by atoms with E-state index >= 15 is 0 Å². The SMILES string of the molecule is COC(=O)/C=C/[C@H](C)[C@H]1C=C[C@H](C)c2ccc(C)cc21. The number of methoxy groups -OCH3 is 1. The minimum Gasteiger partial charge on any atom is -0.466 e. The van der Waals surface area contributed by atoms with E-state index in [1.807, 2.05) is 6.08 Å². The first-order chi connectivity index (χ1) is 9.52. The van der Waals surface area contributed by atoms with E-state index in [0.717, 1.165) is 0 Å². The molecule has 0 saturated heterocycles. The van der Waals surface area contributed by atoms with Crippen molar-refractivity contribution in [3.8, 4) is 0 Å². The standard InChI is InChI=1S/C18H22O2/c1-12-5-8-15-13(2)6-9-16(17(15)11-12)14(3)7-10-18(19)20-4/h5-11,13-14,16H,1-4H3/b10-7+/t13-,14-,16+/m0/s1. The quantitative estimate of drug-likeness (QED) is 0.469. The van der Waals surface area contributed by atoms with E-state index in [4.69, 9.17) is 0 Å². The van der Waals surface area contributed by atoms with Gasteiger partial charge >= 0.3 is 5.97 Å². The summed E-state index contributed by atoms with van der Waals surface area (Å²) >= 11 is 0. The van der Waals surface area contributed by atoms with Crippen LogP contribution in [0.1, 0.15) is 42.4 Å². The van der Waals surface area contributed by atoms with Crippen molar-refractivity contribution < 1.29 is 9.53 Å². The fourth-order valence-corrected chi connectivity index (χ4v) is 2.77. The molecule has 0 saturated carbocycles. The second kappa shape index (κ2) is 6.08. The molecule has 2 nitrogen and oxygen atoms in total. The molecule has 0 fully saturated rings. The van der Waals surface area contributed by atoms with Gasteiger partial charge in [0.15, 0.2) is 0 Å². The molecule has 1 aliphatic carbocycles. The van der Waals surface area contributed by atoms with Crippen molar-refractivity contribution >= 4 is 5.97 Å². The van der Waals surface area contributed by atoms with Crippen LogP contribution in [-0.4, -0.2) is 13.1 Å². The number of allylic oxidation sites excluding steroid dienone is 3. The highest BCUT2D eigenvalue weighted by atomic mass is 16.5. The Hall–Kier alpha value is -1.83. The first-order valence-corrected chi connectivity index (χ1v) is 7.08. The first-order valence-electron chi connectivity index (χ1n) is 7.08. The Morgan fingerprint density at radius 2 is 2.05 bits per heavy atom. The molecule has 0 N–H and O–H groups in total. The third-order valence-corrected chi connectivity index (χ3v) is 4.00. The number of rotatable bonds is 3. The summed E-state index contributed by atoms with van der Waals surface area (Å²) in [5.74, 6) is 0.744. The van der Waals surface area contributed by atoms with Crippen molar-refractivity contribution in [1.82, 2.24) is 0 Å². The molecular formula is C18H22O2. The average Bonchev–Trinajstić information content (AvgIpc) is 2.44. The summed E-state index contributed by atoms with van der Waals surface area (Å²) in [6, 6.07) is 6.66. The number of benzene rings is 1. The molecule has 3 atom stereocenters. The molecule has 0 aromatic heterocycles. The van der Waals surface area contributed by atoms with Gasteiger partial charge in [-0.05, 0) is 29.9 Å². The highest BCUT2D eigenvalue weighted by molar-refractivity contribution is 5.81. The highest BCUT2D eigenvalue weighted by Gasteiger charge is 2.23. The molecule has 0 radical (unpaired) electrons. The summed E-state index contributed by atoms with van der Waals surface area (Å²) in [5.41, 5.74) is 4.05. The molecule has 1 aromatic rings. The van der Waals surface area contributed by atoms with Gasteiger partial charge in [-0.2, -0.15) is 0 Å². The van der Waals surface area contributed by atoms with Crippen LogP contribution in [0.4, 0.5) is 0 Å². The Morgan fingerprint density at radius 1 is 1.30 bits per heavy atom. The van der Waals surface area contributed by atoms with E-state index in [9.17, 15) is 4.79 Å². The number of esters is 1. The van der Waals surface area contributed by atoms with Gasteiger partial charge in [-0.25, -0.2) is 4.79 Å². The Bertz CT molecular complexity index is 555. The molecule has 0 aliphatic heterocycles. The molecule has 0 spiro atoms. The van der Waals surface area contributed by atoms with Crippen LogP contribution in [-0.2, 0) is 9.53 Å². The molecule has 1 aliphatic rings. The molecule has 20 heavy (non-hydrogen) atoms. The van der Waals surface area contributed by atoms with Crippen molar-refractivity contribution in [2.24, 2.45) is 5.92 Å². The van der Waals surface area contributed by atoms with Crippen LogP contribution in [0.25, 0.3) is 0 Å². The predicted octanol–water partition coefficient (Wildman–Crippen LogP) is 4.12. The zero-order valence-corrected chi connectivity index (χ0v) is 12.6. The summed E-state index contributed by atoms with van der Waals surface area (Å²) in [7, 11) is 1.40. The Labute approximate surface area is 121 Å². The fraction of sp³-hybridized carbons (Fsp3) is 0.389. The zero-order chi connectivity index (χ0) is 14.7. The van der Waals surface area contributed by atoms with Gasteiger partial charge in [0.2, 0.25) is 0 Å². The zero-order valence-electron chi connectivity index (χ0n) is 12.6. The third-order valence-electron chi connectivity index (χ3n) is 4.00. The maximum atomic E-state index is 11.2. The van der Waals surface area contributed by atoms with Crippen LogP contribution in [0.2, 0.25) is 0 Å². The second-order valence-corrected chi connectivity index (χ2v) is 5.57. The van der Waals surface area contributed by atoms with Gasteiger partial charge < -0.3 is 4.74 Å². The van der Waals surface area contributed by atoms with Gasteiger partial charge in [0, 0.05) is 12.0 Å². The number of carbonyl (C=O) groups is 1. The van der Waals surface area contributed by atoms with Gasteiger partial charge in [-0.15, -0.1) is 0 Å². The largest absolute Gasteiger partial charge is 0.466 e. The molecule has 0 heterocycles. The lowest BCUT2D eigenvalue weighted by molar-refractivity contribution is -0.134. The van der Waals surface area contributed by atoms with Crippen molar-refractivity contribution in [3.05, 3.63) is 59.2 Å². The van der Waals surface area contributed by atoms with E-state index in [1.165, 1.54) is 29.9 Å². The van der Waals surface area contributed by atoms with Crippen LogP contribution in [0.5, 0.6) is 0 Å². The Morgan fingerprint density at radius 3 is 2.75 bits per heavy atom. The molecule has 0 amide bonds. The summed E-state index contributed by atoms with van der Waals surface area (Å²) in [4.78, 5) is 11.2. The lowest BCUT2D eigenvalue weighted by Gasteiger charge is -2.28. The van der Waals surface area contributed by atoms with Crippen LogP contribution in [0.15, 0.2) is 42.5 Å². The molecule has 106 valence electrons. The monoisotopic (exact) mass is 270 g/mol. The number of hydrogen-bond donors (Lipinski definition) is 0. The number of carbonyl (C=O) groups excluding carboxylic acids is 1. The minimum absolute atomic E-state index is 0.262. The van der Waals surface area contributed by atoms with E-state index in [-0.39, 0.29) is 11.9 Å². The molecule has 2 heteroatoms. The lowest BCUT2D eigenvalue weighted by atomic mass is 9.76. The van der Waals surface area contributed by atoms with Crippen molar-refractivity contribution in [1.29, 1.82) is 0 Å². The van der Waals surface area contributed by atoms with Crippen molar-refractivity contribution in [2.45, 2.75) is 32.6 Å². The number of ether oxygens (including phenoxy) is 1. The normalized spacial score (nSPS) is 22.6. The average molecular weight is 270 g/mol. The predicted molar refractivity (Wildman–Crippen MR) is 81.8 cm³/mol. The van der Waals surface area contributed by atoms with Gasteiger partial charge in [-0.3, -0.25) is 0 Å². The molecule has 0 unspecified atom stereocenters. The van der Waals surface area contributed by atoms with E-state index in [2.05, 4.69) is 55.9 Å². The van der Waals surface area contributed by atoms with Crippen LogP contribution < -0.4 is 0 Å². The Kier molecular flexibility index (Phi) is 4.43. The van der Waals surface area contributed by atoms with Gasteiger partial charge in [0.25, 0.3) is 0 Å². The fourth-order valence-electron chi connectivity index (χ4n) is 2.77. The van der Waals surface area contributed by atoms with Crippen LogP contribution in [0, 0.1) is 12.8 Å². The summed E-state index contributed by atoms with van der Waals surface area (Å²) in [6.07, 6.45) is 7.97. The van der Waals surface area contributed by atoms with E-state index < -0.39 is 0 Å². The van der Waals surface area contributed by atoms with Crippen molar-refractivity contribution in [3.63, 3.8) is 0 Å². The van der Waals surface area contributed by atoms with Crippen LogP contribution in [0.3, 0.4) is 0 Å². The molecule has 1 aromatic carbocycles. The Balaban J connectivity index is 2.29. The smallest absolute Gasteiger partial charge is 0.330 e. The second-order valence-electron chi connectivity index (χ2n) is 5.57. The number of aryl methyl sites for hydroxylation is 1. The summed E-state index contributed by atoms with van der Waals surface area (Å²) in [6.45, 7) is 6.47. The molecule has 2 rings (SSSR count). The van der Waals surface area contributed by atoms with E-state index in [0.29, 0.717) is 11.8 Å².